The van der Waals surface area contributed by atoms with Crippen molar-refractivity contribution >= 4 is 10.8 Å². The first-order valence-corrected chi connectivity index (χ1v) is 8.30. The molecular weight excluding hydrogens is 397 g/mol. The predicted octanol–water partition coefficient (Wildman–Crippen LogP) is 7.15. The third kappa shape index (κ3) is 2.85. The van der Waals surface area contributed by atoms with Crippen molar-refractivity contribution in [3.05, 3.63) is 95.3 Å². The molecule has 0 saturated heterocycles. The van der Waals surface area contributed by atoms with Gasteiger partial charge in [0.2, 0.25) is 0 Å². The zero-order valence-corrected chi connectivity index (χ0v) is 14.3. The van der Waals surface area contributed by atoms with Crippen LogP contribution in [0, 0.1) is 40.7 Å². The van der Waals surface area contributed by atoms with Crippen molar-refractivity contribution in [1.82, 2.24) is 0 Å². The lowest BCUT2D eigenvalue weighted by Crippen LogP contribution is -2.00. The number of benzene rings is 4. The molecular formula is C22H9F7. The van der Waals surface area contributed by atoms with E-state index in [2.05, 4.69) is 0 Å². The molecule has 4 aromatic rings. The Labute approximate surface area is 159 Å². The molecule has 0 aromatic heterocycles. The summed E-state index contributed by atoms with van der Waals surface area (Å²) in [4.78, 5) is 0. The Balaban J connectivity index is 2.09. The molecule has 0 radical (unpaired) electrons. The van der Waals surface area contributed by atoms with Gasteiger partial charge in [-0.25, -0.2) is 30.7 Å². The zero-order valence-electron chi connectivity index (χ0n) is 14.3. The summed E-state index contributed by atoms with van der Waals surface area (Å²) in [6.45, 7) is 0. The molecule has 0 N–H and O–H groups in total. The predicted molar refractivity (Wildman–Crippen MR) is 94.5 cm³/mol. The van der Waals surface area contributed by atoms with E-state index >= 15 is 0 Å². The number of fused-ring (bicyclic) bond motifs is 1. The fourth-order valence-corrected chi connectivity index (χ4v) is 3.30. The van der Waals surface area contributed by atoms with E-state index in [0.717, 1.165) is 18.2 Å². The van der Waals surface area contributed by atoms with Crippen LogP contribution in [-0.4, -0.2) is 0 Å². The number of halogens is 7. The van der Waals surface area contributed by atoms with E-state index in [1.165, 1.54) is 36.4 Å². The van der Waals surface area contributed by atoms with Crippen molar-refractivity contribution in [2.24, 2.45) is 0 Å². The van der Waals surface area contributed by atoms with E-state index in [1.807, 2.05) is 0 Å². The molecule has 7 heteroatoms. The quantitative estimate of drug-likeness (QED) is 0.188. The molecule has 0 unspecified atom stereocenters. The Morgan fingerprint density at radius 2 is 0.966 bits per heavy atom. The molecule has 0 amide bonds. The van der Waals surface area contributed by atoms with Gasteiger partial charge in [0.1, 0.15) is 0 Å². The van der Waals surface area contributed by atoms with Gasteiger partial charge in [-0.3, -0.25) is 0 Å². The Bertz CT molecular complexity index is 1280. The second-order valence-corrected chi connectivity index (χ2v) is 6.25. The Morgan fingerprint density at radius 1 is 0.379 bits per heavy atom. The van der Waals surface area contributed by atoms with Crippen molar-refractivity contribution in [1.29, 1.82) is 0 Å². The normalized spacial score (nSPS) is 11.3. The van der Waals surface area contributed by atoms with Crippen LogP contribution in [0.25, 0.3) is 33.0 Å². The van der Waals surface area contributed by atoms with E-state index in [9.17, 15) is 30.7 Å². The van der Waals surface area contributed by atoms with E-state index in [0.29, 0.717) is 0 Å². The summed E-state index contributed by atoms with van der Waals surface area (Å²) in [7, 11) is 0. The van der Waals surface area contributed by atoms with E-state index in [-0.39, 0.29) is 22.3 Å². The maximum absolute atomic E-state index is 14.6. The third-order valence-electron chi connectivity index (χ3n) is 4.64. The van der Waals surface area contributed by atoms with Gasteiger partial charge in [0.25, 0.3) is 0 Å². The van der Waals surface area contributed by atoms with Gasteiger partial charge in [-0.2, -0.15) is 0 Å². The van der Waals surface area contributed by atoms with Crippen molar-refractivity contribution in [2.45, 2.75) is 0 Å². The molecule has 4 rings (SSSR count). The van der Waals surface area contributed by atoms with Gasteiger partial charge in [-0.1, -0.05) is 42.5 Å². The highest BCUT2D eigenvalue weighted by Crippen LogP contribution is 2.40. The van der Waals surface area contributed by atoms with Gasteiger partial charge in [-0.15, -0.1) is 0 Å². The molecule has 29 heavy (non-hydrogen) atoms. The highest BCUT2D eigenvalue weighted by Gasteiger charge is 2.24. The average molecular weight is 406 g/mol. The van der Waals surface area contributed by atoms with E-state index in [1.54, 1.807) is 0 Å². The second kappa shape index (κ2) is 6.92. The molecule has 0 fully saturated rings. The number of rotatable bonds is 2. The minimum atomic E-state index is -1.99. The van der Waals surface area contributed by atoms with Crippen LogP contribution in [0.5, 0.6) is 0 Å². The highest BCUT2D eigenvalue weighted by molar-refractivity contribution is 6.01. The maximum Gasteiger partial charge on any atom is 0.198 e. The summed E-state index contributed by atoms with van der Waals surface area (Å²) in [6, 6.07) is 11.1. The smallest absolute Gasteiger partial charge is 0.198 e. The molecule has 4 aromatic carbocycles. The molecule has 0 aliphatic heterocycles. The monoisotopic (exact) mass is 406 g/mol. The molecule has 0 saturated carbocycles. The maximum atomic E-state index is 14.6. The largest absolute Gasteiger partial charge is 0.204 e. The standard InChI is InChI=1S/C22H9F7/c23-15-9-8-13(17(24)19(15)26)11-5-2-1-4-10(11)12-6-3-7-14-16(12)20(27)22(29)21(28)18(14)25/h1-9H. The van der Waals surface area contributed by atoms with Gasteiger partial charge in [0.15, 0.2) is 40.7 Å². The first-order chi connectivity index (χ1) is 13.8. The van der Waals surface area contributed by atoms with Gasteiger partial charge in [0, 0.05) is 16.3 Å². The van der Waals surface area contributed by atoms with Gasteiger partial charge in [-0.05, 0) is 28.8 Å². The zero-order chi connectivity index (χ0) is 20.9. The molecule has 0 spiro atoms. The minimum Gasteiger partial charge on any atom is -0.204 e. The Morgan fingerprint density at radius 3 is 1.66 bits per heavy atom. The summed E-state index contributed by atoms with van der Waals surface area (Å²) in [6.07, 6.45) is 0. The molecule has 0 nitrogen and oxygen atoms in total. The SMILES string of the molecule is Fc1ccc(-c2ccccc2-c2cccc3c(F)c(F)c(F)c(F)c23)c(F)c1F. The molecule has 146 valence electrons. The van der Waals surface area contributed by atoms with Crippen molar-refractivity contribution < 1.29 is 30.7 Å². The van der Waals surface area contributed by atoms with Crippen LogP contribution in [0.15, 0.2) is 54.6 Å². The fourth-order valence-electron chi connectivity index (χ4n) is 3.30. The van der Waals surface area contributed by atoms with Crippen LogP contribution in [0.3, 0.4) is 0 Å². The van der Waals surface area contributed by atoms with Crippen LogP contribution in [0.2, 0.25) is 0 Å². The second-order valence-electron chi connectivity index (χ2n) is 6.25. The van der Waals surface area contributed by atoms with Crippen LogP contribution in [-0.2, 0) is 0 Å². The Hall–Kier alpha value is -3.35. The first-order valence-electron chi connectivity index (χ1n) is 8.30. The summed E-state index contributed by atoms with van der Waals surface area (Å²) < 4.78 is 97.6. The topological polar surface area (TPSA) is 0 Å². The van der Waals surface area contributed by atoms with Gasteiger partial charge in [0.05, 0.1) is 0 Å². The van der Waals surface area contributed by atoms with Crippen LogP contribution >= 0.6 is 0 Å². The van der Waals surface area contributed by atoms with E-state index < -0.39 is 51.5 Å². The summed E-state index contributed by atoms with van der Waals surface area (Å²) in [5, 5.41) is -1.07. The summed E-state index contributed by atoms with van der Waals surface area (Å²) >= 11 is 0. The number of hydrogen-bond acceptors (Lipinski definition) is 0. The first kappa shape index (κ1) is 19.0. The van der Waals surface area contributed by atoms with Gasteiger partial charge >= 0.3 is 0 Å². The third-order valence-corrected chi connectivity index (χ3v) is 4.64. The molecule has 0 aliphatic carbocycles. The summed E-state index contributed by atoms with van der Waals surface area (Å²) in [5.74, 6) is -11.7. The summed E-state index contributed by atoms with van der Waals surface area (Å²) in [5.41, 5.74) is -0.286. The van der Waals surface area contributed by atoms with Crippen molar-refractivity contribution in [3.63, 3.8) is 0 Å². The fraction of sp³-hybridized carbons (Fsp3) is 0. The van der Waals surface area contributed by atoms with Crippen molar-refractivity contribution in [3.8, 4) is 22.3 Å². The van der Waals surface area contributed by atoms with Crippen LogP contribution < -0.4 is 0 Å². The lowest BCUT2D eigenvalue weighted by molar-refractivity contribution is 0.418. The lowest BCUT2D eigenvalue weighted by Gasteiger charge is -2.15. The average Bonchev–Trinajstić information content (AvgIpc) is 2.74. The lowest BCUT2D eigenvalue weighted by atomic mass is 9.90. The van der Waals surface area contributed by atoms with Gasteiger partial charge < -0.3 is 0 Å². The van der Waals surface area contributed by atoms with Crippen LogP contribution in [0.4, 0.5) is 30.7 Å². The van der Waals surface area contributed by atoms with Crippen molar-refractivity contribution in [2.75, 3.05) is 0 Å². The minimum absolute atomic E-state index is 0.0286. The molecule has 0 atom stereocenters. The van der Waals surface area contributed by atoms with Crippen LogP contribution in [0.1, 0.15) is 0 Å². The molecule has 0 aliphatic rings. The highest BCUT2D eigenvalue weighted by atomic mass is 19.2. The van der Waals surface area contributed by atoms with E-state index in [4.69, 9.17) is 0 Å². The number of hydrogen-bond donors (Lipinski definition) is 0. The Kier molecular flexibility index (Phi) is 4.53. The molecule has 0 bridgehead atoms. The molecule has 0 heterocycles.